The SMILES string of the molecule is CCCNC(=O)c1cc(N2CCCC2)ccn1. The quantitative estimate of drug-likeness (QED) is 0.862. The fourth-order valence-electron chi connectivity index (χ4n) is 2.04. The predicted octanol–water partition coefficient (Wildman–Crippen LogP) is 1.82. The van der Waals surface area contributed by atoms with Gasteiger partial charge in [-0.1, -0.05) is 6.92 Å². The molecule has 0 spiro atoms. The summed E-state index contributed by atoms with van der Waals surface area (Å²) in [5.41, 5.74) is 1.63. The molecule has 0 saturated carbocycles. The zero-order valence-electron chi connectivity index (χ0n) is 10.3. The van der Waals surface area contributed by atoms with E-state index in [1.165, 1.54) is 12.8 Å². The van der Waals surface area contributed by atoms with E-state index in [2.05, 4.69) is 15.2 Å². The lowest BCUT2D eigenvalue weighted by atomic mass is 10.3. The normalized spacial score (nSPS) is 15.0. The van der Waals surface area contributed by atoms with Crippen LogP contribution in [0.5, 0.6) is 0 Å². The maximum Gasteiger partial charge on any atom is 0.269 e. The molecular formula is C13H19N3O. The smallest absolute Gasteiger partial charge is 0.269 e. The zero-order valence-corrected chi connectivity index (χ0v) is 10.3. The van der Waals surface area contributed by atoms with E-state index in [0.29, 0.717) is 12.2 Å². The molecule has 4 nitrogen and oxygen atoms in total. The number of nitrogens with zero attached hydrogens (tertiary/aromatic N) is 2. The Morgan fingerprint density at radius 2 is 2.24 bits per heavy atom. The highest BCUT2D eigenvalue weighted by Crippen LogP contribution is 2.19. The standard InChI is InChI=1S/C13H19N3O/c1-2-6-15-13(17)12-10-11(5-7-14-12)16-8-3-4-9-16/h5,7,10H,2-4,6,8-9H2,1H3,(H,15,17). The number of carbonyl (C=O) groups is 1. The van der Waals surface area contributed by atoms with Crippen molar-refractivity contribution in [3.63, 3.8) is 0 Å². The van der Waals surface area contributed by atoms with Crippen molar-refractivity contribution in [3.05, 3.63) is 24.0 Å². The predicted molar refractivity (Wildman–Crippen MR) is 68.3 cm³/mol. The molecule has 2 rings (SSSR count). The molecule has 1 N–H and O–H groups in total. The molecule has 0 atom stereocenters. The van der Waals surface area contributed by atoms with Gasteiger partial charge < -0.3 is 10.2 Å². The van der Waals surface area contributed by atoms with Crippen LogP contribution in [0, 0.1) is 0 Å². The Labute approximate surface area is 102 Å². The second-order valence-electron chi connectivity index (χ2n) is 4.35. The van der Waals surface area contributed by atoms with Crippen LogP contribution in [0.2, 0.25) is 0 Å². The van der Waals surface area contributed by atoms with Crippen LogP contribution in [0.3, 0.4) is 0 Å². The van der Waals surface area contributed by atoms with E-state index in [1.807, 2.05) is 19.1 Å². The van der Waals surface area contributed by atoms with Crippen molar-refractivity contribution in [3.8, 4) is 0 Å². The van der Waals surface area contributed by atoms with E-state index in [-0.39, 0.29) is 5.91 Å². The van der Waals surface area contributed by atoms with E-state index in [4.69, 9.17) is 0 Å². The van der Waals surface area contributed by atoms with Gasteiger partial charge in [-0.2, -0.15) is 0 Å². The lowest BCUT2D eigenvalue weighted by molar-refractivity contribution is 0.0948. The van der Waals surface area contributed by atoms with E-state index >= 15 is 0 Å². The van der Waals surface area contributed by atoms with Crippen molar-refractivity contribution in [1.82, 2.24) is 10.3 Å². The zero-order chi connectivity index (χ0) is 12.1. The number of rotatable bonds is 4. The summed E-state index contributed by atoms with van der Waals surface area (Å²) in [6, 6.07) is 3.86. The second kappa shape index (κ2) is 5.66. The van der Waals surface area contributed by atoms with Gasteiger partial charge >= 0.3 is 0 Å². The van der Waals surface area contributed by atoms with Crippen LogP contribution in [0.1, 0.15) is 36.7 Å². The molecule has 92 valence electrons. The number of carbonyl (C=O) groups excluding carboxylic acids is 1. The fraction of sp³-hybridized carbons (Fsp3) is 0.538. The Bertz CT molecular complexity index is 386. The highest BCUT2D eigenvalue weighted by molar-refractivity contribution is 5.93. The average molecular weight is 233 g/mol. The van der Waals surface area contributed by atoms with Crippen LogP contribution >= 0.6 is 0 Å². The van der Waals surface area contributed by atoms with Crippen LogP contribution in [0.4, 0.5) is 5.69 Å². The van der Waals surface area contributed by atoms with Gasteiger partial charge in [0.2, 0.25) is 0 Å². The third-order valence-electron chi connectivity index (χ3n) is 2.98. The molecule has 0 bridgehead atoms. The molecule has 0 aromatic carbocycles. The van der Waals surface area contributed by atoms with Gasteiger partial charge in [-0.25, -0.2) is 0 Å². The minimum absolute atomic E-state index is 0.0760. The third-order valence-corrected chi connectivity index (χ3v) is 2.98. The number of aromatic nitrogens is 1. The van der Waals surface area contributed by atoms with Gasteiger partial charge in [0.25, 0.3) is 5.91 Å². The van der Waals surface area contributed by atoms with Gasteiger partial charge in [0.05, 0.1) is 0 Å². The minimum atomic E-state index is -0.0760. The summed E-state index contributed by atoms with van der Waals surface area (Å²) in [7, 11) is 0. The van der Waals surface area contributed by atoms with Crippen LogP contribution in [-0.4, -0.2) is 30.5 Å². The molecular weight excluding hydrogens is 214 g/mol. The maximum absolute atomic E-state index is 11.8. The molecule has 2 heterocycles. The highest BCUT2D eigenvalue weighted by Gasteiger charge is 2.14. The highest BCUT2D eigenvalue weighted by atomic mass is 16.1. The van der Waals surface area contributed by atoms with Crippen molar-refractivity contribution in [1.29, 1.82) is 0 Å². The first-order valence-corrected chi connectivity index (χ1v) is 6.30. The first kappa shape index (κ1) is 11.9. The van der Waals surface area contributed by atoms with Crippen molar-refractivity contribution in [2.45, 2.75) is 26.2 Å². The maximum atomic E-state index is 11.8. The summed E-state index contributed by atoms with van der Waals surface area (Å²) in [5, 5.41) is 2.85. The molecule has 17 heavy (non-hydrogen) atoms. The van der Waals surface area contributed by atoms with Crippen molar-refractivity contribution in [2.75, 3.05) is 24.5 Å². The minimum Gasteiger partial charge on any atom is -0.371 e. The molecule has 1 fully saturated rings. The van der Waals surface area contributed by atoms with Gasteiger partial charge in [0.15, 0.2) is 0 Å². The molecule has 1 aliphatic heterocycles. The summed E-state index contributed by atoms with van der Waals surface area (Å²) >= 11 is 0. The summed E-state index contributed by atoms with van der Waals surface area (Å²) in [4.78, 5) is 18.2. The molecule has 4 heteroatoms. The number of hydrogen-bond donors (Lipinski definition) is 1. The first-order chi connectivity index (χ1) is 8.31. The summed E-state index contributed by atoms with van der Waals surface area (Å²) < 4.78 is 0. The van der Waals surface area contributed by atoms with Gasteiger partial charge in [-0.15, -0.1) is 0 Å². The molecule has 1 saturated heterocycles. The lowest BCUT2D eigenvalue weighted by Gasteiger charge is -2.17. The Hall–Kier alpha value is -1.58. The average Bonchev–Trinajstić information content (AvgIpc) is 2.90. The van der Waals surface area contributed by atoms with E-state index < -0.39 is 0 Å². The number of pyridine rings is 1. The van der Waals surface area contributed by atoms with Gasteiger partial charge in [-0.3, -0.25) is 9.78 Å². The lowest BCUT2D eigenvalue weighted by Crippen LogP contribution is -2.25. The number of nitrogens with one attached hydrogen (secondary N) is 1. The summed E-state index contributed by atoms with van der Waals surface area (Å²) in [5.74, 6) is -0.0760. The van der Waals surface area contributed by atoms with E-state index in [9.17, 15) is 4.79 Å². The van der Waals surface area contributed by atoms with Gasteiger partial charge in [-0.05, 0) is 31.4 Å². The summed E-state index contributed by atoms with van der Waals surface area (Å²) in [6.45, 7) is 4.91. The Kier molecular flexibility index (Phi) is 3.96. The van der Waals surface area contributed by atoms with Crippen molar-refractivity contribution >= 4 is 11.6 Å². The van der Waals surface area contributed by atoms with Crippen LogP contribution in [-0.2, 0) is 0 Å². The number of hydrogen-bond acceptors (Lipinski definition) is 3. The first-order valence-electron chi connectivity index (χ1n) is 6.30. The molecule has 1 aromatic rings. The molecule has 1 aromatic heterocycles. The van der Waals surface area contributed by atoms with Crippen molar-refractivity contribution in [2.24, 2.45) is 0 Å². The Morgan fingerprint density at radius 3 is 2.94 bits per heavy atom. The van der Waals surface area contributed by atoms with Crippen LogP contribution in [0.25, 0.3) is 0 Å². The molecule has 0 unspecified atom stereocenters. The summed E-state index contributed by atoms with van der Waals surface area (Å²) in [6.07, 6.45) is 5.13. The topological polar surface area (TPSA) is 45.2 Å². The third kappa shape index (κ3) is 2.96. The molecule has 1 aliphatic rings. The molecule has 0 aliphatic carbocycles. The van der Waals surface area contributed by atoms with Crippen LogP contribution < -0.4 is 10.2 Å². The fourth-order valence-corrected chi connectivity index (χ4v) is 2.04. The van der Waals surface area contributed by atoms with Gasteiger partial charge in [0.1, 0.15) is 5.69 Å². The number of amides is 1. The number of anilines is 1. The van der Waals surface area contributed by atoms with Gasteiger partial charge in [0, 0.05) is 31.5 Å². The van der Waals surface area contributed by atoms with E-state index in [0.717, 1.165) is 25.2 Å². The monoisotopic (exact) mass is 233 g/mol. The molecule has 1 amide bonds. The Morgan fingerprint density at radius 1 is 1.47 bits per heavy atom. The Balaban J connectivity index is 2.07. The van der Waals surface area contributed by atoms with Crippen molar-refractivity contribution < 1.29 is 4.79 Å². The largest absolute Gasteiger partial charge is 0.371 e. The van der Waals surface area contributed by atoms with E-state index in [1.54, 1.807) is 6.20 Å². The van der Waals surface area contributed by atoms with Crippen LogP contribution in [0.15, 0.2) is 18.3 Å². The molecule has 0 radical (unpaired) electrons. The second-order valence-corrected chi connectivity index (χ2v) is 4.35.